The van der Waals surface area contributed by atoms with Gasteiger partial charge in [-0.3, -0.25) is 4.90 Å². The zero-order chi connectivity index (χ0) is 18.9. The van der Waals surface area contributed by atoms with Crippen molar-refractivity contribution in [2.45, 2.75) is 40.8 Å². The number of benzene rings is 2. The summed E-state index contributed by atoms with van der Waals surface area (Å²) < 4.78 is 10.9. The Hall–Kier alpha value is -2.33. The van der Waals surface area contributed by atoms with Crippen LogP contribution in [0.25, 0.3) is 0 Å². The summed E-state index contributed by atoms with van der Waals surface area (Å²) in [6.45, 7) is 11.5. The highest BCUT2D eigenvalue weighted by Crippen LogP contribution is 2.19. The van der Waals surface area contributed by atoms with Gasteiger partial charge in [0.05, 0.1) is 0 Å². The van der Waals surface area contributed by atoms with Crippen LogP contribution in [-0.4, -0.2) is 30.6 Å². The predicted molar refractivity (Wildman–Crippen MR) is 104 cm³/mol. The molecule has 0 saturated carbocycles. The van der Waals surface area contributed by atoms with Gasteiger partial charge in [-0.2, -0.15) is 0 Å². The highest BCUT2D eigenvalue weighted by molar-refractivity contribution is 5.71. The summed E-state index contributed by atoms with van der Waals surface area (Å²) in [6, 6.07) is 14.1. The molecule has 0 aliphatic carbocycles. The number of hydrogen-bond acceptors (Lipinski definition) is 4. The molecule has 2 aromatic rings. The van der Waals surface area contributed by atoms with Crippen LogP contribution in [0.5, 0.6) is 5.75 Å². The first-order valence-corrected chi connectivity index (χ1v) is 9.17. The van der Waals surface area contributed by atoms with Crippen molar-refractivity contribution < 1.29 is 14.3 Å². The van der Waals surface area contributed by atoms with Crippen LogP contribution in [0.15, 0.2) is 42.5 Å². The average molecular weight is 355 g/mol. The summed E-state index contributed by atoms with van der Waals surface area (Å²) in [6.07, 6.45) is 0. The van der Waals surface area contributed by atoms with E-state index in [0.717, 1.165) is 42.1 Å². The quantitative estimate of drug-likeness (QED) is 0.630. The third kappa shape index (κ3) is 6.19. The maximum atomic E-state index is 11.9. The van der Waals surface area contributed by atoms with Gasteiger partial charge in [0.15, 0.2) is 6.61 Å². The van der Waals surface area contributed by atoms with Crippen molar-refractivity contribution in [2.75, 3.05) is 19.7 Å². The van der Waals surface area contributed by atoms with Gasteiger partial charge in [0.1, 0.15) is 12.4 Å². The molecule has 0 aromatic heterocycles. The van der Waals surface area contributed by atoms with E-state index in [-0.39, 0.29) is 19.2 Å². The molecule has 0 radical (unpaired) electrons. The zero-order valence-corrected chi connectivity index (χ0v) is 16.2. The maximum Gasteiger partial charge on any atom is 0.344 e. The van der Waals surface area contributed by atoms with E-state index in [2.05, 4.69) is 30.9 Å². The molecule has 0 aliphatic heterocycles. The fourth-order valence-electron chi connectivity index (χ4n) is 2.65. The molecule has 0 atom stereocenters. The second-order valence-electron chi connectivity index (χ2n) is 6.50. The molecule has 0 amide bonds. The van der Waals surface area contributed by atoms with Crippen molar-refractivity contribution in [2.24, 2.45) is 0 Å². The maximum absolute atomic E-state index is 11.9. The lowest BCUT2D eigenvalue weighted by molar-refractivity contribution is -0.147. The first-order valence-electron chi connectivity index (χ1n) is 9.17. The van der Waals surface area contributed by atoms with Crippen molar-refractivity contribution in [3.63, 3.8) is 0 Å². The van der Waals surface area contributed by atoms with Gasteiger partial charge >= 0.3 is 5.97 Å². The Kier molecular flexibility index (Phi) is 7.67. The van der Waals surface area contributed by atoms with Crippen molar-refractivity contribution in [1.29, 1.82) is 0 Å². The monoisotopic (exact) mass is 355 g/mol. The van der Waals surface area contributed by atoms with Crippen LogP contribution in [0.3, 0.4) is 0 Å². The van der Waals surface area contributed by atoms with E-state index < -0.39 is 0 Å². The molecule has 4 nitrogen and oxygen atoms in total. The molecule has 0 unspecified atom stereocenters. The minimum Gasteiger partial charge on any atom is -0.482 e. The summed E-state index contributed by atoms with van der Waals surface area (Å²) in [5.41, 5.74) is 4.35. The third-order valence-corrected chi connectivity index (χ3v) is 4.41. The first-order chi connectivity index (χ1) is 12.5. The fourth-order valence-corrected chi connectivity index (χ4v) is 2.65. The molecule has 0 N–H and O–H groups in total. The van der Waals surface area contributed by atoms with Crippen molar-refractivity contribution in [3.05, 3.63) is 64.7 Å². The van der Waals surface area contributed by atoms with Crippen LogP contribution in [0, 0.1) is 13.8 Å². The number of esters is 1. The number of hydrogen-bond donors (Lipinski definition) is 0. The van der Waals surface area contributed by atoms with Gasteiger partial charge < -0.3 is 9.47 Å². The summed E-state index contributed by atoms with van der Waals surface area (Å²) in [4.78, 5) is 14.3. The van der Waals surface area contributed by atoms with E-state index in [4.69, 9.17) is 9.47 Å². The molecule has 26 heavy (non-hydrogen) atoms. The second-order valence-corrected chi connectivity index (χ2v) is 6.50. The van der Waals surface area contributed by atoms with Crippen LogP contribution >= 0.6 is 0 Å². The van der Waals surface area contributed by atoms with E-state index in [1.807, 2.05) is 44.2 Å². The summed E-state index contributed by atoms with van der Waals surface area (Å²) in [5.74, 6) is 0.362. The van der Waals surface area contributed by atoms with Crippen molar-refractivity contribution in [1.82, 2.24) is 4.90 Å². The Labute approximate surface area is 156 Å². The lowest BCUT2D eigenvalue weighted by atomic mass is 10.1. The van der Waals surface area contributed by atoms with Gasteiger partial charge in [-0.1, -0.05) is 50.2 Å². The summed E-state index contributed by atoms with van der Waals surface area (Å²) >= 11 is 0. The van der Waals surface area contributed by atoms with Gasteiger partial charge in [0, 0.05) is 6.54 Å². The summed E-state index contributed by atoms with van der Waals surface area (Å²) in [7, 11) is 0. The molecule has 0 bridgehead atoms. The van der Waals surface area contributed by atoms with Gasteiger partial charge in [-0.25, -0.2) is 4.79 Å². The van der Waals surface area contributed by atoms with E-state index >= 15 is 0 Å². The highest BCUT2D eigenvalue weighted by Gasteiger charge is 2.07. The molecule has 140 valence electrons. The number of carbonyl (C=O) groups is 1. The lowest BCUT2D eigenvalue weighted by Crippen LogP contribution is -2.22. The second kappa shape index (κ2) is 9.97. The number of rotatable bonds is 9. The molecule has 0 heterocycles. The van der Waals surface area contributed by atoms with Crippen LogP contribution in [0.2, 0.25) is 0 Å². The van der Waals surface area contributed by atoms with Crippen molar-refractivity contribution >= 4 is 5.97 Å². The largest absolute Gasteiger partial charge is 0.482 e. The predicted octanol–water partition coefficient (Wildman–Crippen LogP) is 4.27. The van der Waals surface area contributed by atoms with Crippen LogP contribution in [0.4, 0.5) is 0 Å². The molecule has 0 fully saturated rings. The molecular formula is C22H29NO3. The Bertz CT molecular complexity index is 706. The molecule has 0 aliphatic rings. The fraction of sp³-hybridized carbons (Fsp3) is 0.409. The number of aryl methyl sites for hydroxylation is 2. The Morgan fingerprint density at radius 3 is 2.27 bits per heavy atom. The van der Waals surface area contributed by atoms with Crippen LogP contribution in [-0.2, 0) is 22.7 Å². The van der Waals surface area contributed by atoms with Gasteiger partial charge in [0.2, 0.25) is 0 Å². The SMILES string of the molecule is CCN(CC)Cc1ccc(COC(=O)COc2cc(C)ccc2C)cc1. The van der Waals surface area contributed by atoms with Crippen LogP contribution < -0.4 is 4.74 Å². The van der Waals surface area contributed by atoms with Crippen molar-refractivity contribution in [3.8, 4) is 5.75 Å². The van der Waals surface area contributed by atoms with E-state index in [0.29, 0.717) is 0 Å². The minimum absolute atomic E-state index is 0.0790. The van der Waals surface area contributed by atoms with Crippen LogP contribution in [0.1, 0.15) is 36.1 Å². The molecular weight excluding hydrogens is 326 g/mol. The summed E-state index contributed by atoms with van der Waals surface area (Å²) in [5, 5.41) is 0. The highest BCUT2D eigenvalue weighted by atomic mass is 16.6. The number of nitrogens with zero attached hydrogens (tertiary/aromatic N) is 1. The Morgan fingerprint density at radius 1 is 0.962 bits per heavy atom. The Morgan fingerprint density at radius 2 is 1.62 bits per heavy atom. The first kappa shape index (κ1) is 20.0. The molecule has 2 aromatic carbocycles. The zero-order valence-electron chi connectivity index (χ0n) is 16.2. The van der Waals surface area contributed by atoms with Gasteiger partial charge in [-0.05, 0) is 55.3 Å². The number of ether oxygens (including phenoxy) is 2. The minimum atomic E-state index is -0.363. The van der Waals surface area contributed by atoms with Gasteiger partial charge in [0.25, 0.3) is 0 Å². The Balaban J connectivity index is 1.79. The molecule has 4 heteroatoms. The molecule has 0 saturated heterocycles. The average Bonchev–Trinajstić information content (AvgIpc) is 2.66. The van der Waals surface area contributed by atoms with E-state index in [9.17, 15) is 4.79 Å². The van der Waals surface area contributed by atoms with E-state index in [1.165, 1.54) is 5.56 Å². The molecule has 2 rings (SSSR count). The molecule has 0 spiro atoms. The smallest absolute Gasteiger partial charge is 0.344 e. The van der Waals surface area contributed by atoms with E-state index in [1.54, 1.807) is 0 Å². The topological polar surface area (TPSA) is 38.8 Å². The lowest BCUT2D eigenvalue weighted by Gasteiger charge is -2.18. The third-order valence-electron chi connectivity index (χ3n) is 4.41. The standard InChI is InChI=1S/C22H29NO3/c1-5-23(6-2)14-19-9-11-20(12-10-19)15-26-22(24)16-25-21-13-17(3)7-8-18(21)4/h7-13H,5-6,14-16H2,1-4H3. The van der Waals surface area contributed by atoms with Gasteiger partial charge in [-0.15, -0.1) is 0 Å². The normalized spacial score (nSPS) is 10.8. The number of carbonyl (C=O) groups excluding carboxylic acids is 1.